The molecule has 2 heterocycles. The number of rotatable bonds is 3. The Hall–Kier alpha value is -2.34. The highest BCUT2D eigenvalue weighted by atomic mass is 32.2. The fraction of sp³-hybridized carbons (Fsp3) is 0.350. The Morgan fingerprint density at radius 1 is 1.08 bits per heavy atom. The zero-order valence-electron chi connectivity index (χ0n) is 14.6. The Bertz CT molecular complexity index is 849. The first-order chi connectivity index (χ1) is 12.6. The Balaban J connectivity index is 1.58. The first-order valence-electron chi connectivity index (χ1n) is 8.77. The third-order valence-electron chi connectivity index (χ3n) is 4.90. The van der Waals surface area contributed by atoms with Crippen molar-refractivity contribution in [1.82, 2.24) is 4.90 Å². The van der Waals surface area contributed by atoms with Gasteiger partial charge in [-0.2, -0.15) is 0 Å². The molecular weight excluding hydrogens is 350 g/mol. The van der Waals surface area contributed by atoms with Crippen LogP contribution in [0, 0.1) is 0 Å². The van der Waals surface area contributed by atoms with E-state index < -0.39 is 10.8 Å². The largest absolute Gasteiger partial charge is 0.486 e. The predicted octanol–water partition coefficient (Wildman–Crippen LogP) is 3.17. The molecule has 4 rings (SSSR count). The first kappa shape index (κ1) is 17.1. The molecular formula is C20H21NO4S. The highest BCUT2D eigenvalue weighted by molar-refractivity contribution is 7.84. The van der Waals surface area contributed by atoms with Gasteiger partial charge in [0.15, 0.2) is 11.5 Å². The molecule has 2 atom stereocenters. The number of ether oxygens (including phenoxy) is 2. The van der Waals surface area contributed by atoms with Gasteiger partial charge in [0.05, 0.1) is 6.04 Å². The number of amides is 1. The highest BCUT2D eigenvalue weighted by Gasteiger charge is 2.31. The molecule has 136 valence electrons. The predicted molar refractivity (Wildman–Crippen MR) is 99.2 cm³/mol. The summed E-state index contributed by atoms with van der Waals surface area (Å²) < 4.78 is 22.8. The normalized spacial score (nSPS) is 20.0. The van der Waals surface area contributed by atoms with Crippen LogP contribution in [0.15, 0.2) is 47.4 Å². The van der Waals surface area contributed by atoms with Gasteiger partial charge in [0.1, 0.15) is 13.2 Å². The number of hydrogen-bond donors (Lipinski definition) is 0. The number of hydrogen-bond acceptors (Lipinski definition) is 4. The van der Waals surface area contributed by atoms with Crippen LogP contribution >= 0.6 is 0 Å². The van der Waals surface area contributed by atoms with Gasteiger partial charge in [0, 0.05) is 34.1 Å². The second-order valence-corrected chi connectivity index (χ2v) is 7.92. The average Bonchev–Trinajstić information content (AvgIpc) is 3.17. The summed E-state index contributed by atoms with van der Waals surface area (Å²) in [5.41, 5.74) is 1.70. The van der Waals surface area contributed by atoms with Crippen LogP contribution in [0.2, 0.25) is 0 Å². The molecule has 6 heteroatoms. The van der Waals surface area contributed by atoms with E-state index in [1.807, 2.05) is 23.1 Å². The summed E-state index contributed by atoms with van der Waals surface area (Å²) in [5.74, 6) is 1.53. The summed E-state index contributed by atoms with van der Waals surface area (Å²) >= 11 is 0. The van der Waals surface area contributed by atoms with Crippen LogP contribution in [-0.2, 0) is 10.8 Å². The Labute approximate surface area is 155 Å². The van der Waals surface area contributed by atoms with Crippen molar-refractivity contribution in [3.8, 4) is 11.5 Å². The van der Waals surface area contributed by atoms with E-state index in [9.17, 15) is 9.00 Å². The molecule has 0 N–H and O–H groups in total. The molecule has 5 nitrogen and oxygen atoms in total. The number of nitrogens with zero attached hydrogens (tertiary/aromatic N) is 1. The standard InChI is InChI=1S/C20H21NO4S/c1-26(23)16-7-4-14(5-8-16)20(22)21-10-2-3-17(21)15-6-9-18-19(13-15)25-12-11-24-18/h4-9,13,17H,2-3,10-12H2,1H3. The van der Waals surface area contributed by atoms with E-state index in [1.165, 1.54) is 0 Å². The lowest BCUT2D eigenvalue weighted by Gasteiger charge is -2.27. The number of likely N-dealkylation sites (tertiary alicyclic amines) is 1. The second-order valence-electron chi connectivity index (χ2n) is 6.54. The third-order valence-corrected chi connectivity index (χ3v) is 5.83. The van der Waals surface area contributed by atoms with E-state index in [-0.39, 0.29) is 11.9 Å². The summed E-state index contributed by atoms with van der Waals surface area (Å²) in [6, 6.07) is 13.0. The van der Waals surface area contributed by atoms with Gasteiger partial charge in [-0.1, -0.05) is 6.07 Å². The average molecular weight is 371 g/mol. The van der Waals surface area contributed by atoms with E-state index in [2.05, 4.69) is 0 Å². The van der Waals surface area contributed by atoms with Gasteiger partial charge in [-0.25, -0.2) is 0 Å². The van der Waals surface area contributed by atoms with Crippen molar-refractivity contribution in [2.75, 3.05) is 26.0 Å². The fourth-order valence-electron chi connectivity index (χ4n) is 3.58. The number of benzene rings is 2. The van der Waals surface area contributed by atoms with Crippen molar-refractivity contribution in [2.24, 2.45) is 0 Å². The maximum atomic E-state index is 13.0. The van der Waals surface area contributed by atoms with Gasteiger partial charge in [0.25, 0.3) is 5.91 Å². The van der Waals surface area contributed by atoms with Gasteiger partial charge in [-0.05, 0) is 54.8 Å². The van der Waals surface area contributed by atoms with Gasteiger partial charge in [0.2, 0.25) is 0 Å². The molecule has 0 aliphatic carbocycles. The zero-order chi connectivity index (χ0) is 18.1. The molecule has 2 aliphatic rings. The first-order valence-corrected chi connectivity index (χ1v) is 10.3. The smallest absolute Gasteiger partial charge is 0.254 e. The van der Waals surface area contributed by atoms with E-state index in [4.69, 9.17) is 9.47 Å². The van der Waals surface area contributed by atoms with Gasteiger partial charge in [-0.3, -0.25) is 9.00 Å². The maximum absolute atomic E-state index is 13.0. The molecule has 0 radical (unpaired) electrons. The van der Waals surface area contributed by atoms with E-state index in [1.54, 1.807) is 30.5 Å². The van der Waals surface area contributed by atoms with Crippen molar-refractivity contribution >= 4 is 16.7 Å². The van der Waals surface area contributed by atoms with Crippen molar-refractivity contribution in [1.29, 1.82) is 0 Å². The lowest BCUT2D eigenvalue weighted by atomic mass is 10.0. The molecule has 0 aromatic heterocycles. The minimum atomic E-state index is -1.04. The molecule has 2 aromatic carbocycles. The third kappa shape index (κ3) is 3.21. The molecule has 2 aliphatic heterocycles. The van der Waals surface area contributed by atoms with Crippen LogP contribution in [0.1, 0.15) is 34.8 Å². The molecule has 2 unspecified atom stereocenters. The van der Waals surface area contributed by atoms with Crippen LogP contribution in [-0.4, -0.2) is 41.0 Å². The van der Waals surface area contributed by atoms with Crippen molar-refractivity contribution in [2.45, 2.75) is 23.8 Å². The number of carbonyl (C=O) groups is 1. The summed E-state index contributed by atoms with van der Waals surface area (Å²) in [7, 11) is -1.04. The minimum Gasteiger partial charge on any atom is -0.486 e. The van der Waals surface area contributed by atoms with Crippen molar-refractivity contribution in [3.05, 3.63) is 53.6 Å². The van der Waals surface area contributed by atoms with Gasteiger partial charge >= 0.3 is 0 Å². The minimum absolute atomic E-state index is 0.0100. The molecule has 1 amide bonds. The summed E-state index contributed by atoms with van der Waals surface area (Å²) in [4.78, 5) is 15.6. The quantitative estimate of drug-likeness (QED) is 0.832. The summed E-state index contributed by atoms with van der Waals surface area (Å²) in [6.07, 6.45) is 3.54. The lowest BCUT2D eigenvalue weighted by molar-refractivity contribution is 0.0735. The van der Waals surface area contributed by atoms with Crippen LogP contribution in [0.3, 0.4) is 0 Å². The SMILES string of the molecule is CS(=O)c1ccc(C(=O)N2CCCC2c2ccc3c(c2)OCCO3)cc1. The molecule has 0 saturated carbocycles. The van der Waals surface area contributed by atoms with Gasteiger partial charge < -0.3 is 14.4 Å². The van der Waals surface area contributed by atoms with Crippen molar-refractivity contribution in [3.63, 3.8) is 0 Å². The molecule has 1 saturated heterocycles. The Morgan fingerprint density at radius 2 is 1.81 bits per heavy atom. The second kappa shape index (κ2) is 7.11. The maximum Gasteiger partial charge on any atom is 0.254 e. The highest BCUT2D eigenvalue weighted by Crippen LogP contribution is 2.38. The molecule has 26 heavy (non-hydrogen) atoms. The molecule has 0 bridgehead atoms. The number of carbonyl (C=O) groups excluding carboxylic acids is 1. The van der Waals surface area contributed by atoms with Gasteiger partial charge in [-0.15, -0.1) is 0 Å². The van der Waals surface area contributed by atoms with Crippen LogP contribution in [0.5, 0.6) is 11.5 Å². The summed E-state index contributed by atoms with van der Waals surface area (Å²) in [6.45, 7) is 1.85. The lowest BCUT2D eigenvalue weighted by Crippen LogP contribution is -2.30. The number of fused-ring (bicyclic) bond motifs is 1. The molecule has 0 spiro atoms. The molecule has 2 aromatic rings. The zero-order valence-corrected chi connectivity index (χ0v) is 15.5. The summed E-state index contributed by atoms with van der Waals surface area (Å²) in [5, 5.41) is 0. The van der Waals surface area contributed by atoms with Crippen LogP contribution < -0.4 is 9.47 Å². The Kier molecular flexibility index (Phi) is 4.68. The molecule has 1 fully saturated rings. The fourth-order valence-corrected chi connectivity index (χ4v) is 4.10. The van der Waals surface area contributed by atoms with Crippen LogP contribution in [0.4, 0.5) is 0 Å². The van der Waals surface area contributed by atoms with Crippen LogP contribution in [0.25, 0.3) is 0 Å². The Morgan fingerprint density at radius 3 is 2.54 bits per heavy atom. The van der Waals surface area contributed by atoms with E-state index in [0.29, 0.717) is 18.8 Å². The monoisotopic (exact) mass is 371 g/mol. The topological polar surface area (TPSA) is 55.8 Å². The van der Waals surface area contributed by atoms with Crippen molar-refractivity contribution < 1.29 is 18.5 Å². The van der Waals surface area contributed by atoms with E-state index >= 15 is 0 Å². The van der Waals surface area contributed by atoms with E-state index in [0.717, 1.165) is 41.3 Å².